The van der Waals surface area contributed by atoms with Crippen LogP contribution in [0.3, 0.4) is 0 Å². The molecule has 0 aliphatic rings. The summed E-state index contributed by atoms with van der Waals surface area (Å²) in [4.78, 5) is 2.43. The molecule has 0 saturated heterocycles. The second-order valence-electron chi connectivity index (χ2n) is 5.60. The standard InChI is InChI=1S/C18H22INO/c1-14(2)12-20(17-8-6-16(19)7-9-17)13-15-4-10-18(21-3)11-5-15/h4-11,14H,12-13H2,1-3H3. The van der Waals surface area contributed by atoms with Crippen molar-refractivity contribution < 1.29 is 4.74 Å². The average molecular weight is 395 g/mol. The third kappa shape index (κ3) is 4.92. The summed E-state index contributed by atoms with van der Waals surface area (Å²) in [7, 11) is 1.70. The molecule has 2 rings (SSSR count). The Morgan fingerprint density at radius 1 is 1.00 bits per heavy atom. The van der Waals surface area contributed by atoms with Crippen LogP contribution in [0.15, 0.2) is 48.5 Å². The fraction of sp³-hybridized carbons (Fsp3) is 0.333. The van der Waals surface area contributed by atoms with Crippen LogP contribution in [-0.4, -0.2) is 13.7 Å². The molecule has 112 valence electrons. The molecule has 0 aromatic heterocycles. The normalized spacial score (nSPS) is 10.7. The fourth-order valence-electron chi connectivity index (χ4n) is 2.31. The maximum absolute atomic E-state index is 5.22. The van der Waals surface area contributed by atoms with E-state index in [1.54, 1.807) is 7.11 Å². The molecule has 0 N–H and O–H groups in total. The molecule has 0 amide bonds. The first-order valence-electron chi connectivity index (χ1n) is 7.22. The van der Waals surface area contributed by atoms with Crippen molar-refractivity contribution in [3.63, 3.8) is 0 Å². The first kappa shape index (κ1) is 16.1. The fourth-order valence-corrected chi connectivity index (χ4v) is 2.66. The summed E-state index contributed by atoms with van der Waals surface area (Å²) >= 11 is 2.34. The Kier molecular flexibility index (Phi) is 5.91. The summed E-state index contributed by atoms with van der Waals surface area (Å²) in [6, 6.07) is 17.1. The Morgan fingerprint density at radius 2 is 1.62 bits per heavy atom. The number of benzene rings is 2. The zero-order valence-corrected chi connectivity index (χ0v) is 15.0. The van der Waals surface area contributed by atoms with E-state index in [2.05, 4.69) is 77.7 Å². The summed E-state index contributed by atoms with van der Waals surface area (Å²) < 4.78 is 6.49. The highest BCUT2D eigenvalue weighted by atomic mass is 127. The third-order valence-electron chi connectivity index (χ3n) is 3.31. The molecule has 2 nitrogen and oxygen atoms in total. The van der Waals surface area contributed by atoms with Crippen molar-refractivity contribution in [3.05, 3.63) is 57.7 Å². The minimum absolute atomic E-state index is 0.627. The molecule has 0 saturated carbocycles. The Bertz CT molecular complexity index is 548. The summed E-state index contributed by atoms with van der Waals surface area (Å²) in [5.41, 5.74) is 2.58. The van der Waals surface area contributed by atoms with Gasteiger partial charge in [0.25, 0.3) is 0 Å². The lowest BCUT2D eigenvalue weighted by Gasteiger charge is -2.27. The summed E-state index contributed by atoms with van der Waals surface area (Å²) in [5.74, 6) is 1.53. The number of anilines is 1. The Balaban J connectivity index is 2.17. The number of halogens is 1. The predicted octanol–water partition coefficient (Wildman–Crippen LogP) is 4.96. The van der Waals surface area contributed by atoms with Gasteiger partial charge in [0.05, 0.1) is 7.11 Å². The molecular formula is C18H22INO. The van der Waals surface area contributed by atoms with E-state index < -0.39 is 0 Å². The second kappa shape index (κ2) is 7.69. The third-order valence-corrected chi connectivity index (χ3v) is 4.03. The lowest BCUT2D eigenvalue weighted by atomic mass is 10.1. The molecule has 0 unspecified atom stereocenters. The van der Waals surface area contributed by atoms with Gasteiger partial charge in [0.1, 0.15) is 5.75 Å². The van der Waals surface area contributed by atoms with Gasteiger partial charge in [-0.2, -0.15) is 0 Å². The second-order valence-corrected chi connectivity index (χ2v) is 6.84. The van der Waals surface area contributed by atoms with Crippen molar-refractivity contribution in [2.24, 2.45) is 5.92 Å². The highest BCUT2D eigenvalue weighted by Gasteiger charge is 2.09. The van der Waals surface area contributed by atoms with E-state index in [1.165, 1.54) is 14.8 Å². The predicted molar refractivity (Wildman–Crippen MR) is 98.0 cm³/mol. The SMILES string of the molecule is COc1ccc(CN(CC(C)C)c2ccc(I)cc2)cc1. The summed E-state index contributed by atoms with van der Waals surface area (Å²) in [6.45, 7) is 6.48. The summed E-state index contributed by atoms with van der Waals surface area (Å²) in [5, 5.41) is 0. The topological polar surface area (TPSA) is 12.5 Å². The van der Waals surface area contributed by atoms with Gasteiger partial charge >= 0.3 is 0 Å². The van der Waals surface area contributed by atoms with E-state index in [0.29, 0.717) is 5.92 Å². The quantitative estimate of drug-likeness (QED) is 0.641. The van der Waals surface area contributed by atoms with E-state index in [-0.39, 0.29) is 0 Å². The molecule has 0 aliphatic carbocycles. The van der Waals surface area contributed by atoms with Crippen LogP contribution in [0.2, 0.25) is 0 Å². The Labute approximate surface area is 141 Å². The van der Waals surface area contributed by atoms with Crippen molar-refractivity contribution in [1.29, 1.82) is 0 Å². The number of ether oxygens (including phenoxy) is 1. The van der Waals surface area contributed by atoms with Gasteiger partial charge in [0, 0.05) is 22.3 Å². The van der Waals surface area contributed by atoms with Crippen molar-refractivity contribution in [1.82, 2.24) is 0 Å². The molecular weight excluding hydrogens is 373 g/mol. The van der Waals surface area contributed by atoms with Gasteiger partial charge in [-0.1, -0.05) is 26.0 Å². The molecule has 0 bridgehead atoms. The van der Waals surface area contributed by atoms with Crippen LogP contribution in [0.5, 0.6) is 5.75 Å². The highest BCUT2D eigenvalue weighted by Crippen LogP contribution is 2.21. The maximum atomic E-state index is 5.22. The molecule has 0 atom stereocenters. The first-order valence-corrected chi connectivity index (χ1v) is 8.30. The number of methoxy groups -OCH3 is 1. The van der Waals surface area contributed by atoms with Crippen LogP contribution in [0.4, 0.5) is 5.69 Å². The van der Waals surface area contributed by atoms with E-state index in [1.807, 2.05) is 12.1 Å². The van der Waals surface area contributed by atoms with Crippen LogP contribution < -0.4 is 9.64 Å². The monoisotopic (exact) mass is 395 g/mol. The van der Waals surface area contributed by atoms with E-state index in [0.717, 1.165) is 18.8 Å². The molecule has 2 aromatic rings. The zero-order valence-electron chi connectivity index (χ0n) is 12.8. The molecule has 2 aromatic carbocycles. The van der Waals surface area contributed by atoms with Crippen LogP contribution >= 0.6 is 22.6 Å². The lowest BCUT2D eigenvalue weighted by Crippen LogP contribution is -2.27. The van der Waals surface area contributed by atoms with Crippen LogP contribution in [0, 0.1) is 9.49 Å². The van der Waals surface area contributed by atoms with E-state index in [9.17, 15) is 0 Å². The molecule has 0 heterocycles. The van der Waals surface area contributed by atoms with Crippen LogP contribution in [0.25, 0.3) is 0 Å². The van der Waals surface area contributed by atoms with Crippen LogP contribution in [0.1, 0.15) is 19.4 Å². The van der Waals surface area contributed by atoms with Gasteiger partial charge in [-0.3, -0.25) is 0 Å². The molecule has 21 heavy (non-hydrogen) atoms. The highest BCUT2D eigenvalue weighted by molar-refractivity contribution is 14.1. The zero-order chi connectivity index (χ0) is 15.2. The first-order chi connectivity index (χ1) is 10.1. The van der Waals surface area contributed by atoms with Gasteiger partial charge in [-0.05, 0) is 70.5 Å². The molecule has 0 aliphatic heterocycles. The number of rotatable bonds is 6. The summed E-state index contributed by atoms with van der Waals surface area (Å²) in [6.07, 6.45) is 0. The Hall–Kier alpha value is -1.23. The van der Waals surface area contributed by atoms with Crippen LogP contribution in [-0.2, 0) is 6.54 Å². The van der Waals surface area contributed by atoms with Crippen molar-refractivity contribution in [2.75, 3.05) is 18.6 Å². The van der Waals surface area contributed by atoms with Gasteiger partial charge in [-0.25, -0.2) is 0 Å². The minimum Gasteiger partial charge on any atom is -0.497 e. The molecule has 0 spiro atoms. The number of hydrogen-bond acceptors (Lipinski definition) is 2. The van der Waals surface area contributed by atoms with Crippen molar-refractivity contribution in [3.8, 4) is 5.75 Å². The van der Waals surface area contributed by atoms with Gasteiger partial charge in [0.2, 0.25) is 0 Å². The number of nitrogens with zero attached hydrogens (tertiary/aromatic N) is 1. The molecule has 0 radical (unpaired) electrons. The number of hydrogen-bond donors (Lipinski definition) is 0. The van der Waals surface area contributed by atoms with Crippen molar-refractivity contribution in [2.45, 2.75) is 20.4 Å². The largest absolute Gasteiger partial charge is 0.497 e. The van der Waals surface area contributed by atoms with Gasteiger partial charge < -0.3 is 9.64 Å². The lowest BCUT2D eigenvalue weighted by molar-refractivity contribution is 0.414. The average Bonchev–Trinajstić information content (AvgIpc) is 2.48. The molecule has 0 fully saturated rings. The van der Waals surface area contributed by atoms with Crippen molar-refractivity contribution >= 4 is 28.3 Å². The van der Waals surface area contributed by atoms with E-state index in [4.69, 9.17) is 4.74 Å². The maximum Gasteiger partial charge on any atom is 0.118 e. The smallest absolute Gasteiger partial charge is 0.118 e. The molecule has 3 heteroatoms. The minimum atomic E-state index is 0.627. The van der Waals surface area contributed by atoms with Gasteiger partial charge in [-0.15, -0.1) is 0 Å². The van der Waals surface area contributed by atoms with Gasteiger partial charge in [0.15, 0.2) is 0 Å². The van der Waals surface area contributed by atoms with E-state index >= 15 is 0 Å². The Morgan fingerprint density at radius 3 is 2.14 bits per heavy atom.